The Morgan fingerprint density at radius 1 is 1.17 bits per heavy atom. The van der Waals surface area contributed by atoms with Crippen molar-refractivity contribution in [2.24, 2.45) is 0 Å². The molecule has 4 heteroatoms. The number of benzene rings is 2. The van der Waals surface area contributed by atoms with Crippen molar-refractivity contribution in [2.45, 2.75) is 0 Å². The van der Waals surface area contributed by atoms with Crippen LogP contribution < -0.4 is 10.1 Å². The van der Waals surface area contributed by atoms with Gasteiger partial charge in [-0.3, -0.25) is 0 Å². The Bertz CT molecular complexity index is 569. The summed E-state index contributed by atoms with van der Waals surface area (Å²) < 4.78 is 5.69. The third-order valence-corrected chi connectivity index (χ3v) is 2.71. The minimum absolute atomic E-state index is 0.631. The number of anilines is 1. The second kappa shape index (κ2) is 5.56. The highest BCUT2D eigenvalue weighted by Crippen LogP contribution is 2.27. The Morgan fingerprint density at radius 3 is 2.61 bits per heavy atom. The van der Waals surface area contributed by atoms with Gasteiger partial charge in [0, 0.05) is 29.5 Å². The Hall–Kier alpha value is -2.00. The van der Waals surface area contributed by atoms with Crippen molar-refractivity contribution in [3.63, 3.8) is 0 Å². The van der Waals surface area contributed by atoms with Gasteiger partial charge in [0.1, 0.15) is 11.5 Å². The third kappa shape index (κ3) is 2.81. The van der Waals surface area contributed by atoms with E-state index in [4.69, 9.17) is 21.7 Å². The fourth-order valence-electron chi connectivity index (χ4n) is 1.62. The highest BCUT2D eigenvalue weighted by atomic mass is 35.5. The first-order chi connectivity index (χ1) is 8.72. The average molecular weight is 261 g/mol. The molecule has 18 heavy (non-hydrogen) atoms. The third-order valence-electron chi connectivity index (χ3n) is 2.48. The van der Waals surface area contributed by atoms with E-state index in [-0.39, 0.29) is 0 Å². The normalized spacial score (nSPS) is 9.89. The zero-order chi connectivity index (χ0) is 13.0. The summed E-state index contributed by atoms with van der Waals surface area (Å²) in [4.78, 5) is 0. The summed E-state index contributed by atoms with van der Waals surface area (Å²) in [5.74, 6) is 1.35. The molecule has 3 nitrogen and oxygen atoms in total. The van der Waals surface area contributed by atoms with Gasteiger partial charge >= 0.3 is 0 Å². The van der Waals surface area contributed by atoms with E-state index in [0.29, 0.717) is 16.5 Å². The highest BCUT2D eigenvalue weighted by Gasteiger charge is 2.03. The van der Waals surface area contributed by atoms with Crippen LogP contribution in [0.3, 0.4) is 0 Å². The number of ether oxygens (including phenoxy) is 1. The molecule has 2 aromatic rings. The van der Waals surface area contributed by atoms with Crippen LogP contribution in [-0.4, -0.2) is 13.3 Å². The van der Waals surface area contributed by atoms with E-state index < -0.39 is 0 Å². The number of rotatable bonds is 4. The molecule has 0 unspecified atom stereocenters. The SMILES string of the molecule is CNc1ccc(Oc2cccc(Cl)c2)cc1C=N. The maximum atomic E-state index is 7.36. The summed E-state index contributed by atoms with van der Waals surface area (Å²) in [6, 6.07) is 12.7. The number of halogens is 1. The molecule has 0 saturated carbocycles. The first-order valence-corrected chi connectivity index (χ1v) is 5.86. The molecule has 0 aromatic heterocycles. The lowest BCUT2D eigenvalue weighted by molar-refractivity contribution is 0.483. The van der Waals surface area contributed by atoms with Crippen molar-refractivity contribution in [1.29, 1.82) is 5.41 Å². The lowest BCUT2D eigenvalue weighted by Crippen LogP contribution is -1.95. The van der Waals surface area contributed by atoms with Crippen LogP contribution in [0.2, 0.25) is 5.02 Å². The molecule has 0 fully saturated rings. The van der Waals surface area contributed by atoms with Crippen LogP contribution >= 0.6 is 11.6 Å². The molecule has 0 saturated heterocycles. The molecular formula is C14H13ClN2O. The molecule has 0 atom stereocenters. The van der Waals surface area contributed by atoms with Crippen LogP contribution in [0.5, 0.6) is 11.5 Å². The van der Waals surface area contributed by atoms with E-state index in [1.54, 1.807) is 18.2 Å². The van der Waals surface area contributed by atoms with Crippen molar-refractivity contribution in [2.75, 3.05) is 12.4 Å². The zero-order valence-electron chi connectivity index (χ0n) is 9.91. The van der Waals surface area contributed by atoms with Gasteiger partial charge in [-0.15, -0.1) is 0 Å². The number of hydrogen-bond donors (Lipinski definition) is 2. The quantitative estimate of drug-likeness (QED) is 0.811. The molecule has 0 aliphatic rings. The monoisotopic (exact) mass is 260 g/mol. The standard InChI is InChI=1S/C14H13ClN2O/c1-17-14-6-5-13(7-10(14)9-16)18-12-4-2-3-11(15)8-12/h2-9,16-17H,1H3. The van der Waals surface area contributed by atoms with Crippen molar-refractivity contribution in [3.8, 4) is 11.5 Å². The van der Waals surface area contributed by atoms with Crippen LogP contribution in [0, 0.1) is 5.41 Å². The van der Waals surface area contributed by atoms with Gasteiger partial charge in [-0.1, -0.05) is 17.7 Å². The smallest absolute Gasteiger partial charge is 0.128 e. The molecule has 0 radical (unpaired) electrons. The maximum absolute atomic E-state index is 7.36. The summed E-state index contributed by atoms with van der Waals surface area (Å²) >= 11 is 5.89. The van der Waals surface area contributed by atoms with Crippen LogP contribution in [0.25, 0.3) is 0 Å². The van der Waals surface area contributed by atoms with E-state index in [1.165, 1.54) is 6.21 Å². The molecule has 0 bridgehead atoms. The Morgan fingerprint density at radius 2 is 1.94 bits per heavy atom. The van der Waals surface area contributed by atoms with Gasteiger partial charge in [-0.25, -0.2) is 0 Å². The second-order valence-corrected chi connectivity index (χ2v) is 4.14. The van der Waals surface area contributed by atoms with Gasteiger partial charge in [0.25, 0.3) is 0 Å². The van der Waals surface area contributed by atoms with Crippen LogP contribution in [0.4, 0.5) is 5.69 Å². The minimum atomic E-state index is 0.631. The van der Waals surface area contributed by atoms with Crippen LogP contribution in [0.15, 0.2) is 42.5 Å². The molecular weight excluding hydrogens is 248 g/mol. The topological polar surface area (TPSA) is 45.1 Å². The predicted octanol–water partition coefficient (Wildman–Crippen LogP) is 4.17. The molecule has 0 aliphatic carbocycles. The van der Waals surface area contributed by atoms with Gasteiger partial charge < -0.3 is 15.5 Å². The van der Waals surface area contributed by atoms with E-state index in [1.807, 2.05) is 31.3 Å². The van der Waals surface area contributed by atoms with Gasteiger partial charge in [0.15, 0.2) is 0 Å². The van der Waals surface area contributed by atoms with Crippen molar-refractivity contribution >= 4 is 23.5 Å². The molecule has 0 aliphatic heterocycles. The van der Waals surface area contributed by atoms with Gasteiger partial charge in [0.2, 0.25) is 0 Å². The lowest BCUT2D eigenvalue weighted by Gasteiger charge is -2.09. The number of hydrogen-bond acceptors (Lipinski definition) is 3. The number of nitrogens with one attached hydrogen (secondary N) is 2. The lowest BCUT2D eigenvalue weighted by atomic mass is 10.2. The van der Waals surface area contributed by atoms with E-state index in [2.05, 4.69) is 5.32 Å². The first kappa shape index (κ1) is 12.5. The molecule has 92 valence electrons. The predicted molar refractivity (Wildman–Crippen MR) is 75.4 cm³/mol. The summed E-state index contributed by atoms with van der Waals surface area (Å²) in [6.07, 6.45) is 1.29. The van der Waals surface area contributed by atoms with Crippen LogP contribution in [0.1, 0.15) is 5.56 Å². The Labute approximate surface area is 111 Å². The van der Waals surface area contributed by atoms with Crippen LogP contribution in [-0.2, 0) is 0 Å². The highest BCUT2D eigenvalue weighted by molar-refractivity contribution is 6.30. The fraction of sp³-hybridized carbons (Fsp3) is 0.0714. The second-order valence-electron chi connectivity index (χ2n) is 3.70. The van der Waals surface area contributed by atoms with Gasteiger partial charge in [0.05, 0.1) is 0 Å². The molecule has 0 spiro atoms. The molecule has 2 aromatic carbocycles. The largest absolute Gasteiger partial charge is 0.457 e. The summed E-state index contributed by atoms with van der Waals surface area (Å²) in [5.41, 5.74) is 1.67. The van der Waals surface area contributed by atoms with E-state index in [0.717, 1.165) is 11.3 Å². The molecule has 0 heterocycles. The maximum Gasteiger partial charge on any atom is 0.128 e. The molecule has 2 rings (SSSR count). The van der Waals surface area contributed by atoms with Gasteiger partial charge in [-0.05, 0) is 36.4 Å². The summed E-state index contributed by atoms with van der Waals surface area (Å²) in [5, 5.41) is 11.0. The molecule has 2 N–H and O–H groups in total. The van der Waals surface area contributed by atoms with E-state index in [9.17, 15) is 0 Å². The molecule has 0 amide bonds. The first-order valence-electron chi connectivity index (χ1n) is 5.48. The van der Waals surface area contributed by atoms with Gasteiger partial charge in [-0.2, -0.15) is 0 Å². The fourth-order valence-corrected chi connectivity index (χ4v) is 1.80. The van der Waals surface area contributed by atoms with Crippen molar-refractivity contribution in [3.05, 3.63) is 53.1 Å². The average Bonchev–Trinajstić information content (AvgIpc) is 2.38. The van der Waals surface area contributed by atoms with Crippen molar-refractivity contribution in [1.82, 2.24) is 0 Å². The van der Waals surface area contributed by atoms with Crippen molar-refractivity contribution < 1.29 is 4.74 Å². The van der Waals surface area contributed by atoms with E-state index >= 15 is 0 Å². The summed E-state index contributed by atoms with van der Waals surface area (Å²) in [7, 11) is 1.82. The summed E-state index contributed by atoms with van der Waals surface area (Å²) in [6.45, 7) is 0. The Balaban J connectivity index is 2.27. The zero-order valence-corrected chi connectivity index (χ0v) is 10.7. The minimum Gasteiger partial charge on any atom is -0.457 e. The Kier molecular flexibility index (Phi) is 3.85.